The Balaban J connectivity index is 1.05. The lowest BCUT2D eigenvalue weighted by molar-refractivity contribution is 0.619. The molecule has 0 bridgehead atoms. The van der Waals surface area contributed by atoms with Crippen molar-refractivity contribution in [3.8, 4) is 51.4 Å². The molecule has 11 rings (SSSR count). The van der Waals surface area contributed by atoms with Gasteiger partial charge in [0.25, 0.3) is 0 Å². The summed E-state index contributed by atoms with van der Waals surface area (Å²) in [5.41, 5.74) is 10.7. The minimum atomic E-state index is 0.467. The van der Waals surface area contributed by atoms with Gasteiger partial charge in [-0.25, -0.2) is 24.9 Å². The van der Waals surface area contributed by atoms with Crippen LogP contribution in [0.4, 0.5) is 0 Å². The van der Waals surface area contributed by atoms with Crippen LogP contribution in [0.3, 0.4) is 0 Å². The first-order valence-electron chi connectivity index (χ1n) is 18.5. The number of rotatable bonds is 7. The number of nitrogens with zero attached hydrogens (tertiary/aromatic N) is 6. The van der Waals surface area contributed by atoms with Gasteiger partial charge in [0.15, 0.2) is 22.8 Å². The SMILES string of the molecule is c1ccc(-c2nc3cc(-c4nc(Cc5ccccc5-n5c6ccccc6c6ccccc65)nc(-c5ccc6oc(-c7ccccc7)nc6c5)n4)ccc3o2)cc1. The molecule has 7 aromatic carbocycles. The van der Waals surface area contributed by atoms with E-state index in [1.807, 2.05) is 97.1 Å². The maximum absolute atomic E-state index is 6.14. The molecule has 264 valence electrons. The van der Waals surface area contributed by atoms with Crippen LogP contribution in [0.2, 0.25) is 0 Å². The number of para-hydroxylation sites is 3. The highest BCUT2D eigenvalue weighted by Gasteiger charge is 2.19. The molecule has 0 fully saturated rings. The Morgan fingerprint density at radius 3 is 1.45 bits per heavy atom. The molecule has 0 atom stereocenters. The van der Waals surface area contributed by atoms with Crippen molar-refractivity contribution in [2.75, 3.05) is 0 Å². The Kier molecular flexibility index (Phi) is 7.38. The van der Waals surface area contributed by atoms with Crippen molar-refractivity contribution in [1.29, 1.82) is 0 Å². The van der Waals surface area contributed by atoms with E-state index in [1.54, 1.807) is 0 Å². The summed E-state index contributed by atoms with van der Waals surface area (Å²) < 4.78 is 14.6. The predicted molar refractivity (Wildman–Crippen MR) is 220 cm³/mol. The first-order chi connectivity index (χ1) is 27.7. The van der Waals surface area contributed by atoms with Crippen LogP contribution in [0.15, 0.2) is 179 Å². The van der Waals surface area contributed by atoms with Gasteiger partial charge in [0, 0.05) is 45.1 Å². The van der Waals surface area contributed by atoms with Gasteiger partial charge >= 0.3 is 0 Å². The van der Waals surface area contributed by atoms with E-state index in [2.05, 4.69) is 77.4 Å². The highest BCUT2D eigenvalue weighted by atomic mass is 16.4. The van der Waals surface area contributed by atoms with Crippen molar-refractivity contribution in [2.24, 2.45) is 0 Å². The predicted octanol–water partition coefficient (Wildman–Crippen LogP) is 11.5. The first kappa shape index (κ1) is 31.8. The van der Waals surface area contributed by atoms with Crippen molar-refractivity contribution in [2.45, 2.75) is 6.42 Å². The first-order valence-corrected chi connectivity index (χ1v) is 18.5. The number of benzene rings is 7. The molecule has 4 aromatic heterocycles. The molecule has 0 spiro atoms. The van der Waals surface area contributed by atoms with Gasteiger partial charge in [-0.15, -0.1) is 0 Å². The minimum absolute atomic E-state index is 0.467. The lowest BCUT2D eigenvalue weighted by atomic mass is 10.1. The number of hydrogen-bond donors (Lipinski definition) is 0. The Labute approximate surface area is 320 Å². The van der Waals surface area contributed by atoms with Crippen LogP contribution < -0.4 is 0 Å². The second kappa shape index (κ2) is 13.0. The zero-order valence-electron chi connectivity index (χ0n) is 29.9. The van der Waals surface area contributed by atoms with E-state index in [0.29, 0.717) is 46.8 Å². The Morgan fingerprint density at radius 2 is 0.893 bits per heavy atom. The van der Waals surface area contributed by atoms with Crippen LogP contribution >= 0.6 is 0 Å². The zero-order valence-corrected chi connectivity index (χ0v) is 29.9. The van der Waals surface area contributed by atoms with E-state index >= 15 is 0 Å². The van der Waals surface area contributed by atoms with Gasteiger partial charge in [-0.05, 0) is 84.4 Å². The van der Waals surface area contributed by atoms with Crippen LogP contribution in [-0.4, -0.2) is 29.5 Å². The summed E-state index contributed by atoms with van der Waals surface area (Å²) in [5, 5.41) is 2.42. The maximum atomic E-state index is 6.14. The summed E-state index contributed by atoms with van der Waals surface area (Å²) in [4.78, 5) is 25.0. The van der Waals surface area contributed by atoms with Gasteiger partial charge in [0.05, 0.1) is 11.0 Å². The van der Waals surface area contributed by atoms with Gasteiger partial charge in [-0.1, -0.05) is 91.0 Å². The average molecular weight is 723 g/mol. The zero-order chi connectivity index (χ0) is 37.0. The summed E-state index contributed by atoms with van der Waals surface area (Å²) in [6.45, 7) is 0. The molecule has 0 N–H and O–H groups in total. The molecule has 0 aliphatic rings. The molecule has 11 aromatic rings. The largest absolute Gasteiger partial charge is 0.436 e. The van der Waals surface area contributed by atoms with Gasteiger partial charge < -0.3 is 13.4 Å². The molecule has 0 amide bonds. The molecular weight excluding hydrogens is 693 g/mol. The number of oxazole rings is 2. The number of hydrogen-bond acceptors (Lipinski definition) is 7. The van der Waals surface area contributed by atoms with E-state index in [4.69, 9.17) is 33.8 Å². The molecule has 0 radical (unpaired) electrons. The molecule has 0 saturated heterocycles. The third kappa shape index (κ3) is 5.51. The van der Waals surface area contributed by atoms with E-state index in [1.165, 1.54) is 10.8 Å². The summed E-state index contributed by atoms with van der Waals surface area (Å²) in [6, 6.07) is 57.1. The summed E-state index contributed by atoms with van der Waals surface area (Å²) in [5.74, 6) is 2.83. The minimum Gasteiger partial charge on any atom is -0.436 e. The fourth-order valence-corrected chi connectivity index (χ4v) is 7.53. The number of aromatic nitrogens is 6. The standard InChI is InChI=1S/C48H30N6O2/c1-3-13-30(14-4-1)47-49-37-27-33(23-25-42(37)55-47)45-51-44(52-46(53-45)34-24-26-43-38(28-34)50-48(56-43)31-15-5-2-6-16-31)29-32-17-7-10-20-39(32)54-40-21-11-8-18-35(40)36-19-9-12-22-41(36)54/h1-28H,29H2. The summed E-state index contributed by atoms with van der Waals surface area (Å²) in [6.07, 6.45) is 0.467. The molecule has 8 nitrogen and oxygen atoms in total. The van der Waals surface area contributed by atoms with Gasteiger partial charge in [0.2, 0.25) is 11.8 Å². The highest BCUT2D eigenvalue weighted by Crippen LogP contribution is 2.35. The highest BCUT2D eigenvalue weighted by molar-refractivity contribution is 6.09. The van der Waals surface area contributed by atoms with E-state index < -0.39 is 0 Å². The molecule has 0 saturated carbocycles. The second-order valence-corrected chi connectivity index (χ2v) is 13.7. The van der Waals surface area contributed by atoms with E-state index in [-0.39, 0.29) is 0 Å². The normalized spacial score (nSPS) is 11.6. The average Bonchev–Trinajstić information content (AvgIpc) is 3.98. The van der Waals surface area contributed by atoms with Crippen LogP contribution in [0.1, 0.15) is 11.4 Å². The van der Waals surface area contributed by atoms with E-state index in [9.17, 15) is 0 Å². The van der Waals surface area contributed by atoms with Crippen molar-refractivity contribution in [3.05, 3.63) is 181 Å². The fourth-order valence-electron chi connectivity index (χ4n) is 7.53. The second-order valence-electron chi connectivity index (χ2n) is 13.7. The summed E-state index contributed by atoms with van der Waals surface area (Å²) in [7, 11) is 0. The third-order valence-corrected chi connectivity index (χ3v) is 10.2. The Morgan fingerprint density at radius 1 is 0.411 bits per heavy atom. The van der Waals surface area contributed by atoms with Crippen molar-refractivity contribution in [1.82, 2.24) is 29.5 Å². The number of fused-ring (bicyclic) bond motifs is 5. The van der Waals surface area contributed by atoms with Crippen LogP contribution in [-0.2, 0) is 6.42 Å². The lowest BCUT2D eigenvalue weighted by Crippen LogP contribution is -2.06. The molecule has 0 aliphatic heterocycles. The smallest absolute Gasteiger partial charge is 0.227 e. The third-order valence-electron chi connectivity index (χ3n) is 10.2. The van der Waals surface area contributed by atoms with Gasteiger partial charge in [-0.3, -0.25) is 0 Å². The molecule has 56 heavy (non-hydrogen) atoms. The monoisotopic (exact) mass is 722 g/mol. The summed E-state index contributed by atoms with van der Waals surface area (Å²) >= 11 is 0. The molecule has 0 aliphatic carbocycles. The molecule has 4 heterocycles. The fraction of sp³-hybridized carbons (Fsp3) is 0.0208. The lowest BCUT2D eigenvalue weighted by Gasteiger charge is -2.14. The Hall–Kier alpha value is -7.71. The molecular formula is C48H30N6O2. The Bertz CT molecular complexity index is 3050. The van der Waals surface area contributed by atoms with Crippen molar-refractivity contribution >= 4 is 44.0 Å². The maximum Gasteiger partial charge on any atom is 0.227 e. The van der Waals surface area contributed by atoms with Crippen molar-refractivity contribution in [3.63, 3.8) is 0 Å². The molecule has 8 heteroatoms. The topological polar surface area (TPSA) is 95.7 Å². The van der Waals surface area contributed by atoms with Crippen LogP contribution in [0, 0.1) is 0 Å². The van der Waals surface area contributed by atoms with Gasteiger partial charge in [-0.2, -0.15) is 0 Å². The quantitative estimate of drug-likeness (QED) is 0.162. The van der Waals surface area contributed by atoms with Gasteiger partial charge in [0.1, 0.15) is 16.9 Å². The van der Waals surface area contributed by atoms with E-state index in [0.717, 1.165) is 55.6 Å². The van der Waals surface area contributed by atoms with Crippen molar-refractivity contribution < 1.29 is 8.83 Å². The molecule has 0 unspecified atom stereocenters. The van der Waals surface area contributed by atoms with Crippen LogP contribution in [0.25, 0.3) is 95.4 Å². The van der Waals surface area contributed by atoms with Crippen LogP contribution in [0.5, 0.6) is 0 Å².